The third-order valence-electron chi connectivity index (χ3n) is 7.86. The number of nitrogens with zero attached hydrogens (tertiary/aromatic N) is 3. The summed E-state index contributed by atoms with van der Waals surface area (Å²) in [7, 11) is 1.94. The van der Waals surface area contributed by atoms with Crippen molar-refractivity contribution in [1.29, 1.82) is 0 Å². The Hall–Kier alpha value is -3.09. The highest BCUT2D eigenvalue weighted by molar-refractivity contribution is 7.15. The molecule has 1 amide bonds. The fraction of sp³-hybridized carbons (Fsp3) is 0.581. The number of thiophene rings is 1. The third kappa shape index (κ3) is 7.55. The molecule has 2 saturated carbocycles. The zero-order valence-corrected chi connectivity index (χ0v) is 25.2. The number of carbonyl (C=O) groups is 2. The number of hydrazine groups is 1. The second-order valence-corrected chi connectivity index (χ2v) is 13.5. The Morgan fingerprint density at radius 3 is 2.38 bits per heavy atom. The molecular formula is C31H43N5O3S. The minimum Gasteiger partial charge on any atom is -0.477 e. The second kappa shape index (κ2) is 12.6. The van der Waals surface area contributed by atoms with Crippen LogP contribution >= 0.6 is 11.3 Å². The van der Waals surface area contributed by atoms with Gasteiger partial charge in [0, 0.05) is 36.2 Å². The van der Waals surface area contributed by atoms with E-state index in [1.54, 1.807) is 0 Å². The number of carboxylic acid groups (broad SMARTS) is 1. The molecule has 3 aliphatic rings. The van der Waals surface area contributed by atoms with E-state index in [-0.39, 0.29) is 34.2 Å². The van der Waals surface area contributed by atoms with Gasteiger partial charge in [-0.15, -0.1) is 11.3 Å². The van der Waals surface area contributed by atoms with Gasteiger partial charge in [-0.05, 0) is 96.3 Å². The lowest BCUT2D eigenvalue weighted by Crippen LogP contribution is -2.51. The summed E-state index contributed by atoms with van der Waals surface area (Å²) in [4.78, 5) is 29.3. The summed E-state index contributed by atoms with van der Waals surface area (Å²) >= 11 is 1.17. The van der Waals surface area contributed by atoms with E-state index < -0.39 is 5.97 Å². The smallest absolute Gasteiger partial charge is 0.348 e. The number of anilines is 1. The van der Waals surface area contributed by atoms with Crippen molar-refractivity contribution in [1.82, 2.24) is 15.9 Å². The number of allylic oxidation sites excluding steroid dienone is 1. The maximum atomic E-state index is 14.1. The minimum absolute atomic E-state index is 0.0526. The number of amides is 1. The van der Waals surface area contributed by atoms with E-state index >= 15 is 0 Å². The Morgan fingerprint density at radius 2 is 1.80 bits per heavy atom. The Labute approximate surface area is 242 Å². The Balaban J connectivity index is 1.56. The van der Waals surface area contributed by atoms with Gasteiger partial charge < -0.3 is 10.0 Å². The molecule has 2 fully saturated rings. The fourth-order valence-electron chi connectivity index (χ4n) is 5.59. The van der Waals surface area contributed by atoms with Crippen molar-refractivity contribution >= 4 is 34.7 Å². The van der Waals surface area contributed by atoms with Crippen LogP contribution in [-0.2, 0) is 4.79 Å². The predicted octanol–water partition coefficient (Wildman–Crippen LogP) is 5.74. The standard InChI is InChI=1S/C31H43N5O3S/c1-20-7-10-22(11-8-20)29(37)36(26-19-25(17-18-31(3,4)5)40-28(26)30(38)39)24-14-12-23(13-15-24)34-35(6)27-16-9-21(2)32-33-27/h9,16,19-20,22-24,32,34H,2,7-8,10-15H2,1,3-6H3,(H,38,39)/t20?,22?,23-,24-. The summed E-state index contributed by atoms with van der Waals surface area (Å²) in [5, 5.41) is 16.4. The third-order valence-corrected chi connectivity index (χ3v) is 8.89. The molecule has 3 N–H and O–H groups in total. The molecule has 40 heavy (non-hydrogen) atoms. The number of amidine groups is 1. The number of hydrogen-bond acceptors (Lipinski definition) is 7. The molecule has 2 heterocycles. The van der Waals surface area contributed by atoms with Crippen molar-refractivity contribution in [2.24, 2.45) is 22.4 Å². The lowest BCUT2D eigenvalue weighted by atomic mass is 9.81. The molecule has 1 aliphatic heterocycles. The van der Waals surface area contributed by atoms with Crippen molar-refractivity contribution in [3.8, 4) is 11.8 Å². The molecule has 216 valence electrons. The van der Waals surface area contributed by atoms with Crippen molar-refractivity contribution in [2.75, 3.05) is 11.9 Å². The van der Waals surface area contributed by atoms with E-state index in [9.17, 15) is 14.7 Å². The molecule has 0 bridgehead atoms. The molecule has 9 heteroatoms. The van der Waals surface area contributed by atoms with Gasteiger partial charge in [0.1, 0.15) is 4.88 Å². The number of nitrogens with one attached hydrogen (secondary N) is 2. The molecule has 1 aromatic rings. The van der Waals surface area contributed by atoms with Crippen LogP contribution in [0.2, 0.25) is 0 Å². The van der Waals surface area contributed by atoms with Gasteiger partial charge in [0.05, 0.1) is 10.6 Å². The van der Waals surface area contributed by atoms with Gasteiger partial charge in [-0.25, -0.2) is 10.2 Å². The van der Waals surface area contributed by atoms with Crippen LogP contribution in [0.15, 0.2) is 35.6 Å². The van der Waals surface area contributed by atoms with Crippen LogP contribution < -0.4 is 15.8 Å². The van der Waals surface area contributed by atoms with Gasteiger partial charge >= 0.3 is 5.97 Å². The molecular weight excluding hydrogens is 522 g/mol. The first-order valence-corrected chi connectivity index (χ1v) is 15.2. The number of hydrogen-bond donors (Lipinski definition) is 3. The normalized spacial score (nSPS) is 24.8. The fourth-order valence-corrected chi connectivity index (χ4v) is 6.43. The quantitative estimate of drug-likeness (QED) is 0.301. The van der Waals surface area contributed by atoms with Crippen LogP contribution in [0.4, 0.5) is 5.69 Å². The largest absolute Gasteiger partial charge is 0.477 e. The predicted molar refractivity (Wildman–Crippen MR) is 162 cm³/mol. The van der Waals surface area contributed by atoms with Crippen molar-refractivity contribution in [3.63, 3.8) is 0 Å². The van der Waals surface area contributed by atoms with Gasteiger partial charge in [0.15, 0.2) is 5.84 Å². The lowest BCUT2D eigenvalue weighted by molar-refractivity contribution is -0.124. The molecule has 0 unspecified atom stereocenters. The molecule has 2 aliphatic carbocycles. The topological polar surface area (TPSA) is 97.3 Å². The average molecular weight is 566 g/mol. The maximum Gasteiger partial charge on any atom is 0.348 e. The van der Waals surface area contributed by atoms with E-state index in [0.717, 1.165) is 62.9 Å². The van der Waals surface area contributed by atoms with Crippen LogP contribution in [0.25, 0.3) is 0 Å². The monoisotopic (exact) mass is 565 g/mol. The van der Waals surface area contributed by atoms with Crippen molar-refractivity contribution in [3.05, 3.63) is 40.2 Å². The number of likely N-dealkylation sites (N-methyl/N-ethyl adjacent to an activating group) is 1. The molecule has 0 spiro atoms. The Bertz CT molecular complexity index is 1230. The van der Waals surface area contributed by atoms with Gasteiger partial charge in [-0.1, -0.05) is 25.3 Å². The van der Waals surface area contributed by atoms with Crippen molar-refractivity contribution in [2.45, 2.75) is 91.1 Å². The van der Waals surface area contributed by atoms with E-state index in [1.165, 1.54) is 11.3 Å². The summed E-state index contributed by atoms with van der Waals surface area (Å²) < 4.78 is 0. The summed E-state index contributed by atoms with van der Waals surface area (Å²) in [6, 6.07) is 2.01. The van der Waals surface area contributed by atoms with Gasteiger partial charge in [0.25, 0.3) is 0 Å². The first-order chi connectivity index (χ1) is 18.9. The summed E-state index contributed by atoms with van der Waals surface area (Å²) in [5.41, 5.74) is 7.48. The highest BCUT2D eigenvalue weighted by Gasteiger charge is 2.37. The molecule has 0 radical (unpaired) electrons. The van der Waals surface area contributed by atoms with E-state index in [0.29, 0.717) is 16.5 Å². The number of hydrazone groups is 1. The SMILES string of the molecule is C=C1C=CC(N(C)N[C@H]2CC[C@H](N(C(=O)C3CCC(C)CC3)c3cc(C#CC(C)(C)C)sc3C(=O)O)CC2)=NN1. The van der Waals surface area contributed by atoms with E-state index in [4.69, 9.17) is 0 Å². The van der Waals surface area contributed by atoms with Crippen LogP contribution in [0.5, 0.6) is 0 Å². The summed E-state index contributed by atoms with van der Waals surface area (Å²) in [6.07, 6.45) is 10.9. The lowest BCUT2D eigenvalue weighted by Gasteiger charge is -2.40. The summed E-state index contributed by atoms with van der Waals surface area (Å²) in [5.74, 6) is 6.78. The first kappa shape index (κ1) is 29.9. The molecule has 4 rings (SSSR count). The zero-order valence-electron chi connectivity index (χ0n) is 24.4. The highest BCUT2D eigenvalue weighted by Crippen LogP contribution is 2.39. The minimum atomic E-state index is -1.01. The number of carbonyl (C=O) groups excluding carboxylic acids is 1. The van der Waals surface area contributed by atoms with Crippen LogP contribution in [0.1, 0.15) is 93.6 Å². The average Bonchev–Trinajstić information content (AvgIpc) is 3.33. The van der Waals surface area contributed by atoms with Crippen LogP contribution in [-0.4, -0.2) is 47.0 Å². The molecule has 0 atom stereocenters. The van der Waals surface area contributed by atoms with Gasteiger partial charge in [-0.3, -0.25) is 15.2 Å². The summed E-state index contributed by atoms with van der Waals surface area (Å²) in [6.45, 7) is 12.2. The molecule has 8 nitrogen and oxygen atoms in total. The van der Waals surface area contributed by atoms with Crippen LogP contribution in [0, 0.1) is 29.1 Å². The first-order valence-electron chi connectivity index (χ1n) is 14.3. The van der Waals surface area contributed by atoms with E-state index in [2.05, 4.69) is 41.3 Å². The highest BCUT2D eigenvalue weighted by atomic mass is 32.1. The zero-order chi connectivity index (χ0) is 29.0. The second-order valence-electron chi connectivity index (χ2n) is 12.4. The molecule has 0 saturated heterocycles. The van der Waals surface area contributed by atoms with E-state index in [1.807, 2.05) is 55.9 Å². The molecule has 0 aromatic carbocycles. The van der Waals surface area contributed by atoms with Gasteiger partial charge in [-0.2, -0.15) is 5.10 Å². The van der Waals surface area contributed by atoms with Crippen molar-refractivity contribution < 1.29 is 14.7 Å². The van der Waals surface area contributed by atoms with Gasteiger partial charge in [0.2, 0.25) is 5.91 Å². The maximum absolute atomic E-state index is 14.1. The number of rotatable bonds is 6. The number of carboxylic acids is 1. The number of aromatic carboxylic acids is 1. The van der Waals surface area contributed by atoms with Crippen LogP contribution in [0.3, 0.4) is 0 Å². The Kier molecular flexibility index (Phi) is 9.42. The Morgan fingerprint density at radius 1 is 1.12 bits per heavy atom. The molecule has 1 aromatic heterocycles.